The monoisotopic (exact) mass is 739 g/mol. The Morgan fingerprint density at radius 3 is 1.93 bits per heavy atom. The van der Waals surface area contributed by atoms with Crippen LogP contribution >= 0.6 is 11.3 Å². The van der Waals surface area contributed by atoms with E-state index in [1.807, 2.05) is 35.6 Å². The molecule has 0 amide bonds. The molecule has 0 aliphatic carbocycles. The molecule has 0 aliphatic rings. The van der Waals surface area contributed by atoms with Crippen molar-refractivity contribution in [1.29, 1.82) is 0 Å². The van der Waals surface area contributed by atoms with Crippen LogP contribution in [0.2, 0.25) is 0 Å². The van der Waals surface area contributed by atoms with E-state index in [9.17, 15) is 0 Å². The van der Waals surface area contributed by atoms with Crippen molar-refractivity contribution >= 4 is 92.4 Å². The number of furan rings is 2. The Morgan fingerprint density at radius 2 is 1.09 bits per heavy atom. The molecule has 0 saturated carbocycles. The second-order valence-electron chi connectivity index (χ2n) is 14.7. The number of hydrogen-bond acceptors (Lipinski definition) is 4. The van der Waals surface area contributed by atoms with Crippen LogP contribution < -0.4 is 4.90 Å². The van der Waals surface area contributed by atoms with Gasteiger partial charge in [0.15, 0.2) is 0 Å². The maximum atomic E-state index is 6.50. The van der Waals surface area contributed by atoms with Gasteiger partial charge in [0, 0.05) is 58.8 Å². The highest BCUT2D eigenvalue weighted by molar-refractivity contribution is 7.25. The molecule has 0 aliphatic heterocycles. The molecule has 0 atom stereocenters. The fourth-order valence-electron chi connectivity index (χ4n) is 8.45. The van der Waals surface area contributed by atoms with Crippen LogP contribution in [-0.4, -0.2) is 0 Å². The Morgan fingerprint density at radius 1 is 0.429 bits per heavy atom. The predicted molar refractivity (Wildman–Crippen MR) is 238 cm³/mol. The number of rotatable bonds is 8. The highest BCUT2D eigenvalue weighted by Gasteiger charge is 2.19. The summed E-state index contributed by atoms with van der Waals surface area (Å²) in [5.74, 6) is 0. The zero-order chi connectivity index (χ0) is 37.2. The predicted octanol–water partition coefficient (Wildman–Crippen LogP) is 16.0. The number of para-hydroxylation sites is 1. The van der Waals surface area contributed by atoms with Gasteiger partial charge in [-0.2, -0.15) is 0 Å². The van der Waals surface area contributed by atoms with Crippen LogP contribution in [0, 0.1) is 0 Å². The number of hydrogen-bond donors (Lipinski definition) is 0. The quantitative estimate of drug-likeness (QED) is 0.155. The Kier molecular flexibility index (Phi) is 7.78. The van der Waals surface area contributed by atoms with Gasteiger partial charge in [-0.15, -0.1) is 11.3 Å². The second-order valence-corrected chi connectivity index (χ2v) is 15.8. The van der Waals surface area contributed by atoms with Crippen LogP contribution in [0.4, 0.5) is 17.1 Å². The first-order valence-corrected chi connectivity index (χ1v) is 20.3. The molecule has 0 spiro atoms. The van der Waals surface area contributed by atoms with Crippen molar-refractivity contribution in [3.63, 3.8) is 0 Å². The van der Waals surface area contributed by atoms with Crippen LogP contribution in [0.15, 0.2) is 179 Å². The first-order chi connectivity index (χ1) is 27.7. The molecule has 56 heavy (non-hydrogen) atoms. The third kappa shape index (κ3) is 5.48. The molecule has 3 aromatic heterocycles. The van der Waals surface area contributed by atoms with Gasteiger partial charge in [0.25, 0.3) is 0 Å². The fourth-order valence-corrected chi connectivity index (χ4v) is 9.60. The number of benzene rings is 8. The summed E-state index contributed by atoms with van der Waals surface area (Å²) in [6.45, 7) is 2.26. The lowest BCUT2D eigenvalue weighted by Crippen LogP contribution is -2.10. The van der Waals surface area contributed by atoms with Crippen LogP contribution in [0.1, 0.15) is 25.3 Å². The minimum absolute atomic E-state index is 0.868. The lowest BCUT2D eigenvalue weighted by Gasteiger charge is -2.26. The van der Waals surface area contributed by atoms with Crippen molar-refractivity contribution in [1.82, 2.24) is 0 Å². The number of anilines is 3. The van der Waals surface area contributed by atoms with Crippen LogP contribution in [0.5, 0.6) is 0 Å². The molecule has 0 saturated heterocycles. The molecule has 4 heteroatoms. The average molecular weight is 740 g/mol. The lowest BCUT2D eigenvalue weighted by molar-refractivity contribution is 0.663. The minimum atomic E-state index is 0.868. The van der Waals surface area contributed by atoms with Gasteiger partial charge in [-0.25, -0.2) is 0 Å². The SMILES string of the molecule is CCCCc1ccc2c(c1)sc1ccc(N(c3ccc(-c4ccc5c(c4)oc4ccc6oc7ccccc7c6c45)cc3)c3cccc(-c4ccccc4)c3)cc12. The first kappa shape index (κ1) is 32.8. The van der Waals surface area contributed by atoms with E-state index in [1.54, 1.807) is 0 Å². The fraction of sp³-hybridized carbons (Fsp3) is 0.0769. The average Bonchev–Trinajstić information content (AvgIpc) is 3.94. The van der Waals surface area contributed by atoms with Gasteiger partial charge in [-0.1, -0.05) is 104 Å². The Labute approximate surface area is 328 Å². The zero-order valence-corrected chi connectivity index (χ0v) is 31.8. The number of aryl methyl sites for hydroxylation is 1. The Hall–Kier alpha value is -6.62. The largest absolute Gasteiger partial charge is 0.456 e. The van der Waals surface area contributed by atoms with E-state index in [-0.39, 0.29) is 0 Å². The van der Waals surface area contributed by atoms with E-state index in [4.69, 9.17) is 8.83 Å². The number of unbranched alkanes of at least 4 members (excludes halogenated alkanes) is 1. The van der Waals surface area contributed by atoms with Crippen molar-refractivity contribution in [2.24, 2.45) is 0 Å². The number of thiophene rings is 1. The molecule has 3 heterocycles. The van der Waals surface area contributed by atoms with Gasteiger partial charge in [-0.3, -0.25) is 0 Å². The summed E-state index contributed by atoms with van der Waals surface area (Å²) in [7, 11) is 0. The van der Waals surface area contributed by atoms with Gasteiger partial charge in [-0.05, 0) is 120 Å². The van der Waals surface area contributed by atoms with E-state index in [0.717, 1.165) is 78.5 Å². The third-order valence-electron chi connectivity index (χ3n) is 11.2. The Balaban J connectivity index is 1.01. The highest BCUT2D eigenvalue weighted by atomic mass is 32.1. The summed E-state index contributed by atoms with van der Waals surface area (Å²) in [6.07, 6.45) is 3.56. The molecule has 3 nitrogen and oxygen atoms in total. The van der Waals surface area contributed by atoms with Crippen molar-refractivity contribution in [3.05, 3.63) is 175 Å². The van der Waals surface area contributed by atoms with Gasteiger partial charge < -0.3 is 13.7 Å². The van der Waals surface area contributed by atoms with E-state index >= 15 is 0 Å². The highest BCUT2D eigenvalue weighted by Crippen LogP contribution is 2.44. The molecule has 0 bridgehead atoms. The van der Waals surface area contributed by atoms with Crippen molar-refractivity contribution < 1.29 is 8.83 Å². The minimum Gasteiger partial charge on any atom is -0.456 e. The molecule has 0 fully saturated rings. The molecular weight excluding hydrogens is 703 g/mol. The smallest absolute Gasteiger partial charge is 0.136 e. The molecule has 8 aromatic carbocycles. The molecule has 0 N–H and O–H groups in total. The maximum absolute atomic E-state index is 6.50. The van der Waals surface area contributed by atoms with Gasteiger partial charge in [0.05, 0.1) is 0 Å². The van der Waals surface area contributed by atoms with Crippen molar-refractivity contribution in [3.8, 4) is 22.3 Å². The molecular formula is C52H37NO2S. The van der Waals surface area contributed by atoms with Gasteiger partial charge in [0.1, 0.15) is 22.3 Å². The summed E-state index contributed by atoms with van der Waals surface area (Å²) in [6, 6.07) is 61.3. The molecule has 11 rings (SSSR count). The number of nitrogens with zero attached hydrogens (tertiary/aromatic N) is 1. The van der Waals surface area contributed by atoms with Crippen LogP contribution in [-0.2, 0) is 6.42 Å². The van der Waals surface area contributed by atoms with Crippen LogP contribution in [0.3, 0.4) is 0 Å². The summed E-state index contributed by atoms with van der Waals surface area (Å²) < 4.78 is 15.4. The topological polar surface area (TPSA) is 29.5 Å². The molecule has 11 aromatic rings. The summed E-state index contributed by atoms with van der Waals surface area (Å²) in [5, 5.41) is 7.03. The van der Waals surface area contributed by atoms with Crippen molar-refractivity contribution in [2.75, 3.05) is 4.90 Å². The lowest BCUT2D eigenvalue weighted by atomic mass is 10.0. The summed E-state index contributed by atoms with van der Waals surface area (Å²) >= 11 is 1.89. The molecule has 0 unspecified atom stereocenters. The van der Waals surface area contributed by atoms with E-state index in [1.165, 1.54) is 49.7 Å². The second kappa shape index (κ2) is 13.3. The van der Waals surface area contributed by atoms with Gasteiger partial charge in [0.2, 0.25) is 0 Å². The van der Waals surface area contributed by atoms with Gasteiger partial charge >= 0.3 is 0 Å². The third-order valence-corrected chi connectivity index (χ3v) is 12.4. The van der Waals surface area contributed by atoms with Crippen LogP contribution in [0.25, 0.3) is 86.3 Å². The van der Waals surface area contributed by atoms with E-state index in [2.05, 4.69) is 157 Å². The summed E-state index contributed by atoms with van der Waals surface area (Å²) in [4.78, 5) is 2.39. The maximum Gasteiger partial charge on any atom is 0.136 e. The van der Waals surface area contributed by atoms with E-state index in [0.29, 0.717) is 0 Å². The standard InChI is InChI=1S/C52H37NO2S/c1-2-3-10-33-17-24-41-44-32-40(23-28-49(44)56-50(41)29-33)53(39-14-9-13-36(30-39)34-11-5-4-6-12-34)38-21-18-35(19-22-38)37-20-25-43-48(31-37)55-47-27-26-46-51(52(43)47)42-15-7-8-16-45(42)54-46/h4-9,11-32H,2-3,10H2,1H3. The summed E-state index contributed by atoms with van der Waals surface area (Å²) in [5.41, 5.74) is 12.9. The van der Waals surface area contributed by atoms with E-state index < -0.39 is 0 Å². The molecule has 0 radical (unpaired) electrons. The van der Waals surface area contributed by atoms with Crippen molar-refractivity contribution in [2.45, 2.75) is 26.2 Å². The Bertz CT molecular complexity index is 3240. The first-order valence-electron chi connectivity index (χ1n) is 19.5. The zero-order valence-electron chi connectivity index (χ0n) is 31.0. The number of fused-ring (bicyclic) bond motifs is 10. The molecule has 268 valence electrons. The normalized spacial score (nSPS) is 11.9.